The number of hydrogen-bond donors (Lipinski definition) is 1. The minimum absolute atomic E-state index is 0.0522. The number of likely N-dealkylation sites (N-methyl/N-ethyl adjacent to an activating group) is 1. The van der Waals surface area contributed by atoms with Gasteiger partial charge in [-0.25, -0.2) is 0 Å². The molecule has 2 saturated heterocycles. The van der Waals surface area contributed by atoms with E-state index in [4.69, 9.17) is 9.47 Å². The Morgan fingerprint density at radius 1 is 0.972 bits per heavy atom. The first-order valence-electron chi connectivity index (χ1n) is 12.3. The zero-order valence-electron chi connectivity index (χ0n) is 20.6. The second-order valence-corrected chi connectivity index (χ2v) is 9.39. The van der Waals surface area contributed by atoms with Crippen molar-refractivity contribution in [1.82, 2.24) is 4.90 Å². The molecule has 7 nitrogen and oxygen atoms in total. The lowest BCUT2D eigenvalue weighted by Crippen LogP contribution is -2.47. The van der Waals surface area contributed by atoms with Crippen LogP contribution in [-0.2, 0) is 9.53 Å². The summed E-state index contributed by atoms with van der Waals surface area (Å²) in [6.45, 7) is 1.86. The quantitative estimate of drug-likeness (QED) is 0.536. The summed E-state index contributed by atoms with van der Waals surface area (Å²) in [5.41, 5.74) is 3.90. The van der Waals surface area contributed by atoms with Crippen LogP contribution < -0.4 is 15.0 Å². The van der Waals surface area contributed by atoms with Crippen molar-refractivity contribution >= 4 is 23.2 Å². The van der Waals surface area contributed by atoms with Gasteiger partial charge in [-0.05, 0) is 54.3 Å². The summed E-state index contributed by atoms with van der Waals surface area (Å²) >= 11 is 0. The van der Waals surface area contributed by atoms with Crippen LogP contribution in [0.15, 0.2) is 72.8 Å². The van der Waals surface area contributed by atoms with E-state index in [2.05, 4.69) is 10.2 Å². The molecule has 2 unspecified atom stereocenters. The molecular weight excluding hydrogens is 454 g/mol. The molecule has 3 aromatic rings. The van der Waals surface area contributed by atoms with Gasteiger partial charge >= 0.3 is 0 Å². The van der Waals surface area contributed by atoms with E-state index in [9.17, 15) is 9.59 Å². The molecule has 2 heterocycles. The van der Waals surface area contributed by atoms with Crippen LogP contribution in [0.25, 0.3) is 11.1 Å². The summed E-state index contributed by atoms with van der Waals surface area (Å²) < 4.78 is 11.4. The van der Waals surface area contributed by atoms with Gasteiger partial charge in [0, 0.05) is 31.4 Å². The lowest BCUT2D eigenvalue weighted by atomic mass is 10.1. The first-order valence-corrected chi connectivity index (χ1v) is 12.3. The van der Waals surface area contributed by atoms with E-state index >= 15 is 0 Å². The van der Waals surface area contributed by atoms with Gasteiger partial charge in [-0.1, -0.05) is 42.5 Å². The third-order valence-electron chi connectivity index (χ3n) is 6.90. The fourth-order valence-corrected chi connectivity index (χ4v) is 4.93. The van der Waals surface area contributed by atoms with Crippen LogP contribution in [0, 0.1) is 0 Å². The van der Waals surface area contributed by atoms with Crippen molar-refractivity contribution in [1.29, 1.82) is 0 Å². The summed E-state index contributed by atoms with van der Waals surface area (Å²) in [5.74, 6) is 0.234. The van der Waals surface area contributed by atoms with Gasteiger partial charge in [0.15, 0.2) is 0 Å². The van der Waals surface area contributed by atoms with Crippen molar-refractivity contribution in [3.63, 3.8) is 0 Å². The largest absolute Gasteiger partial charge is 0.495 e. The molecule has 2 bridgehead atoms. The number of carbonyl (C=O) groups is 2. The predicted octanol–water partition coefficient (Wildman–Crippen LogP) is 4.44. The Balaban J connectivity index is 1.27. The van der Waals surface area contributed by atoms with E-state index in [1.165, 1.54) is 0 Å². The number of morpholine rings is 1. The van der Waals surface area contributed by atoms with E-state index in [1.54, 1.807) is 37.3 Å². The molecule has 0 saturated carbocycles. The molecule has 0 radical (unpaired) electrons. The van der Waals surface area contributed by atoms with E-state index in [1.807, 2.05) is 54.6 Å². The number of ether oxygens (including phenoxy) is 2. The Morgan fingerprint density at radius 3 is 2.31 bits per heavy atom. The molecule has 2 amide bonds. The van der Waals surface area contributed by atoms with Gasteiger partial charge in [-0.3, -0.25) is 14.5 Å². The van der Waals surface area contributed by atoms with Gasteiger partial charge in [-0.15, -0.1) is 0 Å². The highest BCUT2D eigenvalue weighted by Crippen LogP contribution is 2.30. The minimum Gasteiger partial charge on any atom is -0.495 e. The number of carbonyl (C=O) groups excluding carboxylic acids is 2. The summed E-state index contributed by atoms with van der Waals surface area (Å²) in [4.78, 5) is 29.9. The topological polar surface area (TPSA) is 71.1 Å². The number of amides is 2. The van der Waals surface area contributed by atoms with Crippen LogP contribution in [0.1, 0.15) is 23.2 Å². The maximum absolute atomic E-state index is 13.1. The second-order valence-electron chi connectivity index (χ2n) is 9.39. The lowest BCUT2D eigenvalue weighted by Gasteiger charge is -2.32. The highest BCUT2D eigenvalue weighted by molar-refractivity contribution is 6.06. The van der Waals surface area contributed by atoms with Crippen LogP contribution >= 0.6 is 0 Å². The van der Waals surface area contributed by atoms with Crippen molar-refractivity contribution in [3.05, 3.63) is 78.4 Å². The van der Waals surface area contributed by atoms with Gasteiger partial charge in [0.25, 0.3) is 5.91 Å². The van der Waals surface area contributed by atoms with Gasteiger partial charge in [0.2, 0.25) is 5.91 Å². The highest BCUT2D eigenvalue weighted by atomic mass is 16.5. The van der Waals surface area contributed by atoms with Gasteiger partial charge in [-0.2, -0.15) is 0 Å². The van der Waals surface area contributed by atoms with Crippen LogP contribution in [0.2, 0.25) is 0 Å². The van der Waals surface area contributed by atoms with Crippen molar-refractivity contribution in [3.8, 4) is 16.9 Å². The number of likely N-dealkylation sites (tertiary alicyclic amines) is 1. The highest BCUT2D eigenvalue weighted by Gasteiger charge is 2.34. The Labute approximate surface area is 211 Å². The first kappa shape index (κ1) is 24.0. The molecule has 2 aliphatic rings. The standard InChI is InChI=1S/C29H31N3O4/c1-31(28(33)19-32-17-24-13-14-25(18-32)36-24)26-16-22(10-15-27(26)35-2)29(34)30-23-11-8-21(9-12-23)20-6-4-3-5-7-20/h3-12,15-16,24-25H,13-14,17-19H2,1-2H3,(H,30,34). The monoisotopic (exact) mass is 485 g/mol. The van der Waals surface area contributed by atoms with Crippen molar-refractivity contribution in [2.75, 3.05) is 44.0 Å². The SMILES string of the molecule is COc1ccc(C(=O)Nc2ccc(-c3ccccc3)cc2)cc1N(C)C(=O)CN1CC2CCC(C1)O2. The minimum atomic E-state index is -0.253. The number of benzene rings is 3. The fourth-order valence-electron chi connectivity index (χ4n) is 4.93. The molecule has 36 heavy (non-hydrogen) atoms. The third kappa shape index (κ3) is 5.27. The molecule has 7 heteroatoms. The summed E-state index contributed by atoms with van der Waals surface area (Å²) in [5, 5.41) is 2.95. The number of nitrogens with zero attached hydrogens (tertiary/aromatic N) is 2. The van der Waals surface area contributed by atoms with E-state index in [-0.39, 0.29) is 24.0 Å². The molecule has 5 rings (SSSR count). The number of methoxy groups -OCH3 is 1. The maximum atomic E-state index is 13.1. The predicted molar refractivity (Wildman–Crippen MR) is 141 cm³/mol. The normalized spacial score (nSPS) is 19.1. The maximum Gasteiger partial charge on any atom is 0.255 e. The average molecular weight is 486 g/mol. The number of nitrogens with one attached hydrogen (secondary N) is 1. The van der Waals surface area contributed by atoms with Crippen LogP contribution in [0.3, 0.4) is 0 Å². The van der Waals surface area contributed by atoms with Crippen molar-refractivity contribution in [2.24, 2.45) is 0 Å². The Morgan fingerprint density at radius 2 is 1.64 bits per heavy atom. The summed E-state index contributed by atoms with van der Waals surface area (Å²) in [6.07, 6.45) is 2.58. The number of rotatable bonds is 7. The molecular formula is C29H31N3O4. The van der Waals surface area contributed by atoms with Crippen molar-refractivity contribution in [2.45, 2.75) is 25.0 Å². The zero-order chi connectivity index (χ0) is 25.1. The van der Waals surface area contributed by atoms with Gasteiger partial charge < -0.3 is 19.7 Å². The smallest absolute Gasteiger partial charge is 0.255 e. The summed E-state index contributed by atoms with van der Waals surface area (Å²) in [7, 11) is 3.28. The Kier molecular flexibility index (Phi) is 7.02. The van der Waals surface area contributed by atoms with Gasteiger partial charge in [0.05, 0.1) is 31.5 Å². The molecule has 1 N–H and O–H groups in total. The molecule has 0 aliphatic carbocycles. The van der Waals surface area contributed by atoms with E-state index < -0.39 is 0 Å². The van der Waals surface area contributed by atoms with Crippen LogP contribution in [0.5, 0.6) is 5.75 Å². The molecule has 0 aromatic heterocycles. The lowest BCUT2D eigenvalue weighted by molar-refractivity contribution is -0.121. The molecule has 2 atom stereocenters. The fraction of sp³-hybridized carbons (Fsp3) is 0.310. The van der Waals surface area contributed by atoms with Crippen LogP contribution in [-0.4, -0.2) is 62.7 Å². The third-order valence-corrected chi connectivity index (χ3v) is 6.90. The van der Waals surface area contributed by atoms with E-state index in [0.717, 1.165) is 37.1 Å². The summed E-state index contributed by atoms with van der Waals surface area (Å²) in [6, 6.07) is 22.9. The molecule has 0 spiro atoms. The molecule has 2 fully saturated rings. The molecule has 2 aliphatic heterocycles. The van der Waals surface area contributed by atoms with E-state index in [0.29, 0.717) is 29.2 Å². The second kappa shape index (κ2) is 10.5. The van der Waals surface area contributed by atoms with Gasteiger partial charge in [0.1, 0.15) is 5.75 Å². The first-order chi connectivity index (χ1) is 17.5. The van der Waals surface area contributed by atoms with Crippen molar-refractivity contribution < 1.29 is 19.1 Å². The Hall–Kier alpha value is -3.68. The average Bonchev–Trinajstić information content (AvgIpc) is 3.26. The molecule has 186 valence electrons. The number of fused-ring (bicyclic) bond motifs is 2. The molecule has 3 aromatic carbocycles. The number of hydrogen-bond acceptors (Lipinski definition) is 5. The number of anilines is 2. The van der Waals surface area contributed by atoms with Crippen LogP contribution in [0.4, 0.5) is 11.4 Å². The Bertz CT molecular complexity index is 1220. The zero-order valence-corrected chi connectivity index (χ0v) is 20.6.